The Hall–Kier alpha value is -1.08. The van der Waals surface area contributed by atoms with E-state index in [2.05, 4.69) is 20.4 Å². The molecule has 0 fully saturated rings. The molecule has 1 heteroatoms. The molecule has 1 N–H and O–H groups in total. The van der Waals surface area contributed by atoms with Crippen LogP contribution in [0, 0.1) is 13.8 Å². The topological polar surface area (TPSA) is 20.2 Å². The van der Waals surface area contributed by atoms with Crippen LogP contribution in [0.15, 0.2) is 30.9 Å². The molecule has 1 unspecified atom stereocenters. The summed E-state index contributed by atoms with van der Waals surface area (Å²) in [5.41, 5.74) is 2.50. The number of aliphatic hydroxyl groups is 1. The maximum absolute atomic E-state index is 10.2. The highest BCUT2D eigenvalue weighted by Gasteiger charge is 2.22. The van der Waals surface area contributed by atoms with E-state index in [1.165, 1.54) is 11.1 Å². The summed E-state index contributed by atoms with van der Waals surface area (Å²) in [6, 6.07) is 6.03. The van der Waals surface area contributed by atoms with Crippen molar-refractivity contribution in [3.05, 3.63) is 47.5 Å². The maximum atomic E-state index is 10.2. The lowest BCUT2D eigenvalue weighted by atomic mass is 9.89. The van der Waals surface area contributed by atoms with E-state index in [4.69, 9.17) is 0 Å². The average molecular weight is 190 g/mol. The lowest BCUT2D eigenvalue weighted by Gasteiger charge is -2.23. The van der Waals surface area contributed by atoms with Gasteiger partial charge in [-0.25, -0.2) is 0 Å². The molecule has 1 aromatic carbocycles. The molecule has 0 radical (unpaired) electrons. The molecule has 1 atom stereocenters. The van der Waals surface area contributed by atoms with E-state index >= 15 is 0 Å². The predicted octanol–water partition coefficient (Wildman–Crippen LogP) is 3.09. The second kappa shape index (κ2) is 3.97. The Bertz CT molecular complexity index is 341. The molecule has 76 valence electrons. The largest absolute Gasteiger partial charge is 0.381 e. The van der Waals surface area contributed by atoms with Crippen molar-refractivity contribution in [2.45, 2.75) is 32.8 Å². The monoisotopic (exact) mass is 190 g/mol. The molecule has 0 aromatic heterocycles. The molecule has 1 nitrogen and oxygen atoms in total. The first-order chi connectivity index (χ1) is 6.53. The highest BCUT2D eigenvalue weighted by molar-refractivity contribution is 5.35. The molecule has 0 aliphatic carbocycles. The molecule has 0 saturated heterocycles. The van der Waals surface area contributed by atoms with Gasteiger partial charge in [-0.1, -0.05) is 37.8 Å². The van der Waals surface area contributed by atoms with E-state index in [0.29, 0.717) is 6.42 Å². The van der Waals surface area contributed by atoms with Gasteiger partial charge < -0.3 is 5.11 Å². The van der Waals surface area contributed by atoms with Gasteiger partial charge in [0.15, 0.2) is 0 Å². The molecule has 1 rings (SSSR count). The number of hydrogen-bond donors (Lipinski definition) is 1. The third-order valence-corrected chi connectivity index (χ3v) is 2.88. The van der Waals surface area contributed by atoms with Gasteiger partial charge in [-0.05, 0) is 37.0 Å². The van der Waals surface area contributed by atoms with E-state index in [-0.39, 0.29) is 0 Å². The van der Waals surface area contributed by atoms with Gasteiger partial charge in [0, 0.05) is 0 Å². The standard InChI is InChI=1S/C13H18O/c1-5-13(14,6-2)12-8-7-10(3)11(4)9-12/h5,7-9,14H,1,6H2,2-4H3. The lowest BCUT2D eigenvalue weighted by Crippen LogP contribution is -2.21. The van der Waals surface area contributed by atoms with Gasteiger partial charge in [-0.3, -0.25) is 0 Å². The number of benzene rings is 1. The summed E-state index contributed by atoms with van der Waals surface area (Å²) in [4.78, 5) is 0. The zero-order valence-electron chi connectivity index (χ0n) is 9.17. The Kier molecular flexibility index (Phi) is 3.12. The summed E-state index contributed by atoms with van der Waals surface area (Å²) in [5, 5.41) is 10.2. The number of hydrogen-bond acceptors (Lipinski definition) is 1. The highest BCUT2D eigenvalue weighted by Crippen LogP contribution is 2.27. The fourth-order valence-corrected chi connectivity index (χ4v) is 1.48. The van der Waals surface area contributed by atoms with Crippen molar-refractivity contribution in [2.75, 3.05) is 0 Å². The number of aryl methyl sites for hydroxylation is 2. The fourth-order valence-electron chi connectivity index (χ4n) is 1.48. The summed E-state index contributed by atoms with van der Waals surface area (Å²) in [6.07, 6.45) is 2.26. The molecule has 0 aliphatic rings. The third-order valence-electron chi connectivity index (χ3n) is 2.88. The van der Waals surface area contributed by atoms with Crippen molar-refractivity contribution in [3.8, 4) is 0 Å². The molecule has 0 spiro atoms. The van der Waals surface area contributed by atoms with Crippen molar-refractivity contribution in [3.63, 3.8) is 0 Å². The van der Waals surface area contributed by atoms with Crippen molar-refractivity contribution >= 4 is 0 Å². The molecule has 14 heavy (non-hydrogen) atoms. The summed E-state index contributed by atoms with van der Waals surface area (Å²) in [7, 11) is 0. The first-order valence-corrected chi connectivity index (χ1v) is 4.97. The van der Waals surface area contributed by atoms with Crippen LogP contribution in [-0.4, -0.2) is 5.11 Å². The van der Waals surface area contributed by atoms with Crippen molar-refractivity contribution in [2.24, 2.45) is 0 Å². The zero-order valence-corrected chi connectivity index (χ0v) is 9.17. The van der Waals surface area contributed by atoms with Crippen LogP contribution in [0.25, 0.3) is 0 Å². The Morgan fingerprint density at radius 2 is 2.00 bits per heavy atom. The van der Waals surface area contributed by atoms with Crippen LogP contribution in [0.5, 0.6) is 0 Å². The molecule has 1 aromatic rings. The fraction of sp³-hybridized carbons (Fsp3) is 0.385. The lowest BCUT2D eigenvalue weighted by molar-refractivity contribution is 0.0855. The smallest absolute Gasteiger partial charge is 0.107 e. The van der Waals surface area contributed by atoms with Gasteiger partial charge in [0.2, 0.25) is 0 Å². The van der Waals surface area contributed by atoms with Crippen LogP contribution in [0.1, 0.15) is 30.0 Å². The summed E-state index contributed by atoms with van der Waals surface area (Å²) >= 11 is 0. The normalized spacial score (nSPS) is 14.9. The van der Waals surface area contributed by atoms with Crippen LogP contribution in [0.3, 0.4) is 0 Å². The molecule has 0 bridgehead atoms. The summed E-state index contributed by atoms with van der Waals surface area (Å²) < 4.78 is 0. The van der Waals surface area contributed by atoms with E-state index in [1.54, 1.807) is 6.08 Å². The van der Waals surface area contributed by atoms with E-state index in [0.717, 1.165) is 5.56 Å². The van der Waals surface area contributed by atoms with Crippen LogP contribution in [-0.2, 0) is 5.60 Å². The van der Waals surface area contributed by atoms with Gasteiger partial charge in [0.25, 0.3) is 0 Å². The van der Waals surface area contributed by atoms with Crippen LogP contribution in [0.2, 0.25) is 0 Å². The molecular formula is C13H18O. The van der Waals surface area contributed by atoms with Gasteiger partial charge >= 0.3 is 0 Å². The van der Waals surface area contributed by atoms with E-state index in [1.807, 2.05) is 25.1 Å². The summed E-state index contributed by atoms with van der Waals surface area (Å²) in [6.45, 7) is 9.76. The molecule has 0 amide bonds. The Labute approximate surface area is 86.1 Å². The van der Waals surface area contributed by atoms with Crippen LogP contribution < -0.4 is 0 Å². The van der Waals surface area contributed by atoms with Crippen molar-refractivity contribution in [1.82, 2.24) is 0 Å². The average Bonchev–Trinajstić information content (AvgIpc) is 2.21. The highest BCUT2D eigenvalue weighted by atomic mass is 16.3. The molecule has 0 saturated carbocycles. The maximum Gasteiger partial charge on any atom is 0.107 e. The molecule has 0 aliphatic heterocycles. The number of rotatable bonds is 3. The summed E-state index contributed by atoms with van der Waals surface area (Å²) in [5.74, 6) is 0. The van der Waals surface area contributed by atoms with Crippen molar-refractivity contribution < 1.29 is 5.11 Å². The SMILES string of the molecule is C=CC(O)(CC)c1ccc(C)c(C)c1. The van der Waals surface area contributed by atoms with E-state index in [9.17, 15) is 5.11 Å². The quantitative estimate of drug-likeness (QED) is 0.726. The molecular weight excluding hydrogens is 172 g/mol. The molecule has 0 heterocycles. The van der Waals surface area contributed by atoms with Crippen LogP contribution in [0.4, 0.5) is 0 Å². The van der Waals surface area contributed by atoms with E-state index < -0.39 is 5.60 Å². The second-order valence-corrected chi connectivity index (χ2v) is 3.78. The predicted molar refractivity (Wildman–Crippen MR) is 60.3 cm³/mol. The van der Waals surface area contributed by atoms with Gasteiger partial charge in [-0.15, -0.1) is 0 Å². The van der Waals surface area contributed by atoms with Gasteiger partial charge in [-0.2, -0.15) is 0 Å². The second-order valence-electron chi connectivity index (χ2n) is 3.78. The minimum absolute atomic E-state index is 0.652. The minimum atomic E-state index is -0.877. The van der Waals surface area contributed by atoms with Crippen LogP contribution >= 0.6 is 0 Å². The Balaban J connectivity index is 3.19. The van der Waals surface area contributed by atoms with Crippen molar-refractivity contribution in [1.29, 1.82) is 0 Å². The van der Waals surface area contributed by atoms with Gasteiger partial charge in [0.05, 0.1) is 0 Å². The zero-order chi connectivity index (χ0) is 10.8. The Morgan fingerprint density at radius 3 is 2.43 bits per heavy atom. The third kappa shape index (κ3) is 1.88. The van der Waals surface area contributed by atoms with Gasteiger partial charge in [0.1, 0.15) is 5.60 Å². The first kappa shape index (κ1) is 11.0. The Morgan fingerprint density at radius 1 is 1.36 bits per heavy atom. The minimum Gasteiger partial charge on any atom is -0.381 e. The first-order valence-electron chi connectivity index (χ1n) is 4.97.